The first-order valence-electron chi connectivity index (χ1n) is 6.28. The highest BCUT2D eigenvalue weighted by atomic mass is 16.5. The molecule has 0 radical (unpaired) electrons. The molecule has 0 amide bonds. The first-order chi connectivity index (χ1) is 9.24. The van der Waals surface area contributed by atoms with E-state index in [-0.39, 0.29) is 6.04 Å². The highest BCUT2D eigenvalue weighted by molar-refractivity contribution is 5.30. The Morgan fingerprint density at radius 3 is 2.68 bits per heavy atom. The average molecular weight is 258 g/mol. The minimum Gasteiger partial charge on any atom is -0.492 e. The molecule has 0 saturated carbocycles. The topological polar surface area (TPSA) is 59.9 Å². The number of hydrogen-bond donors (Lipinski definition) is 1. The summed E-state index contributed by atoms with van der Waals surface area (Å²) in [5, 5.41) is 3.23. The minimum atomic E-state index is -0.0407. The van der Waals surface area contributed by atoms with Crippen LogP contribution in [-0.2, 0) is 0 Å². The number of aromatic nitrogens is 3. The van der Waals surface area contributed by atoms with Crippen LogP contribution in [0.5, 0.6) is 5.75 Å². The van der Waals surface area contributed by atoms with E-state index in [1.54, 1.807) is 18.6 Å². The monoisotopic (exact) mass is 258 g/mol. The van der Waals surface area contributed by atoms with Crippen molar-refractivity contribution in [3.05, 3.63) is 47.8 Å². The third-order valence-corrected chi connectivity index (χ3v) is 2.76. The van der Waals surface area contributed by atoms with Crippen LogP contribution in [0.2, 0.25) is 0 Å². The van der Waals surface area contributed by atoms with Crippen LogP contribution in [0.3, 0.4) is 0 Å². The van der Waals surface area contributed by atoms with Gasteiger partial charge in [0.05, 0.1) is 36.4 Å². The molecule has 2 heterocycles. The van der Waals surface area contributed by atoms with Crippen LogP contribution in [0.25, 0.3) is 0 Å². The van der Waals surface area contributed by atoms with Gasteiger partial charge in [0.15, 0.2) is 0 Å². The lowest BCUT2D eigenvalue weighted by Crippen LogP contribution is -2.19. The number of aryl methyl sites for hydroxylation is 1. The number of hydrogen-bond acceptors (Lipinski definition) is 5. The van der Waals surface area contributed by atoms with Crippen LogP contribution in [0.1, 0.15) is 29.9 Å². The van der Waals surface area contributed by atoms with Gasteiger partial charge in [0.1, 0.15) is 5.75 Å². The first kappa shape index (κ1) is 13.4. The van der Waals surface area contributed by atoms with Crippen molar-refractivity contribution in [1.82, 2.24) is 20.3 Å². The molecule has 0 fully saturated rings. The third-order valence-electron chi connectivity index (χ3n) is 2.76. The maximum Gasteiger partial charge on any atom is 0.137 e. The van der Waals surface area contributed by atoms with E-state index < -0.39 is 0 Å². The van der Waals surface area contributed by atoms with Gasteiger partial charge in [-0.1, -0.05) is 0 Å². The van der Waals surface area contributed by atoms with E-state index in [0.717, 1.165) is 22.7 Å². The van der Waals surface area contributed by atoms with Gasteiger partial charge in [-0.05, 0) is 32.5 Å². The molecule has 0 aromatic carbocycles. The van der Waals surface area contributed by atoms with Gasteiger partial charge in [0, 0.05) is 12.4 Å². The van der Waals surface area contributed by atoms with E-state index in [2.05, 4.69) is 20.3 Å². The van der Waals surface area contributed by atoms with Gasteiger partial charge in [-0.25, -0.2) is 0 Å². The fraction of sp³-hybridized carbons (Fsp3) is 0.357. The Morgan fingerprint density at radius 2 is 2.05 bits per heavy atom. The van der Waals surface area contributed by atoms with Crippen molar-refractivity contribution in [3.8, 4) is 5.75 Å². The second kappa shape index (κ2) is 6.24. The van der Waals surface area contributed by atoms with Gasteiger partial charge in [-0.15, -0.1) is 0 Å². The second-order valence-corrected chi connectivity index (χ2v) is 4.19. The fourth-order valence-corrected chi connectivity index (χ4v) is 1.88. The highest BCUT2D eigenvalue weighted by Crippen LogP contribution is 2.22. The van der Waals surface area contributed by atoms with Gasteiger partial charge in [-0.2, -0.15) is 0 Å². The molecule has 0 aliphatic carbocycles. The van der Waals surface area contributed by atoms with E-state index in [1.165, 1.54) is 0 Å². The molecule has 0 aliphatic heterocycles. The van der Waals surface area contributed by atoms with E-state index in [9.17, 15) is 0 Å². The summed E-state index contributed by atoms with van der Waals surface area (Å²) in [5.41, 5.74) is 2.77. The van der Waals surface area contributed by atoms with Crippen molar-refractivity contribution in [3.63, 3.8) is 0 Å². The smallest absolute Gasteiger partial charge is 0.137 e. The summed E-state index contributed by atoms with van der Waals surface area (Å²) in [5.74, 6) is 0.764. The van der Waals surface area contributed by atoms with Crippen molar-refractivity contribution >= 4 is 0 Å². The van der Waals surface area contributed by atoms with Gasteiger partial charge < -0.3 is 10.1 Å². The summed E-state index contributed by atoms with van der Waals surface area (Å²) < 4.78 is 5.47. The van der Waals surface area contributed by atoms with Crippen LogP contribution < -0.4 is 10.1 Å². The lowest BCUT2D eigenvalue weighted by Gasteiger charge is -2.16. The van der Waals surface area contributed by atoms with Gasteiger partial charge in [0.2, 0.25) is 0 Å². The van der Waals surface area contributed by atoms with Gasteiger partial charge in [-0.3, -0.25) is 15.0 Å². The highest BCUT2D eigenvalue weighted by Gasteiger charge is 2.14. The van der Waals surface area contributed by atoms with E-state index in [1.807, 2.05) is 33.2 Å². The van der Waals surface area contributed by atoms with Crippen molar-refractivity contribution in [2.24, 2.45) is 0 Å². The Hall–Kier alpha value is -2.01. The van der Waals surface area contributed by atoms with Gasteiger partial charge >= 0.3 is 0 Å². The summed E-state index contributed by atoms with van der Waals surface area (Å²) in [4.78, 5) is 12.9. The number of pyridine rings is 1. The molecule has 0 aliphatic rings. The van der Waals surface area contributed by atoms with Crippen molar-refractivity contribution in [2.75, 3.05) is 13.7 Å². The second-order valence-electron chi connectivity index (χ2n) is 4.19. The van der Waals surface area contributed by atoms with Crippen LogP contribution in [0.15, 0.2) is 30.9 Å². The molecule has 2 aromatic rings. The molecule has 0 spiro atoms. The van der Waals surface area contributed by atoms with Crippen molar-refractivity contribution in [2.45, 2.75) is 19.9 Å². The van der Waals surface area contributed by atoms with Crippen molar-refractivity contribution < 1.29 is 4.74 Å². The van der Waals surface area contributed by atoms with Crippen LogP contribution in [-0.4, -0.2) is 28.6 Å². The normalized spacial score (nSPS) is 12.2. The molecule has 2 rings (SSSR count). The SMILES string of the molecule is CCOc1cncc(C(NC)c2cnc(C)cn2)c1. The summed E-state index contributed by atoms with van der Waals surface area (Å²) in [6.45, 7) is 4.50. The van der Waals surface area contributed by atoms with Gasteiger partial charge in [0.25, 0.3) is 0 Å². The first-order valence-corrected chi connectivity index (χ1v) is 6.28. The predicted molar refractivity (Wildman–Crippen MR) is 73.1 cm³/mol. The van der Waals surface area contributed by atoms with Crippen molar-refractivity contribution in [1.29, 1.82) is 0 Å². The molecule has 1 atom stereocenters. The van der Waals surface area contributed by atoms with Crippen LogP contribution >= 0.6 is 0 Å². The molecule has 1 unspecified atom stereocenters. The standard InChI is InChI=1S/C14H18N4O/c1-4-19-12-5-11(7-16-8-12)14(15-3)13-9-17-10(2)6-18-13/h5-9,14-15H,4H2,1-3H3. The molecular weight excluding hydrogens is 240 g/mol. The lowest BCUT2D eigenvalue weighted by atomic mass is 10.1. The van der Waals surface area contributed by atoms with Crippen LogP contribution in [0.4, 0.5) is 0 Å². The quantitative estimate of drug-likeness (QED) is 0.887. The summed E-state index contributed by atoms with van der Waals surface area (Å²) in [6, 6.07) is 1.93. The molecule has 5 nitrogen and oxygen atoms in total. The summed E-state index contributed by atoms with van der Waals surface area (Å²) in [6.07, 6.45) is 7.06. The average Bonchev–Trinajstić information content (AvgIpc) is 2.43. The molecule has 2 aromatic heterocycles. The maximum absolute atomic E-state index is 5.47. The molecule has 1 N–H and O–H groups in total. The molecule has 19 heavy (non-hydrogen) atoms. The minimum absolute atomic E-state index is 0.0407. The molecule has 0 bridgehead atoms. The number of nitrogens with one attached hydrogen (secondary N) is 1. The predicted octanol–water partition coefficient (Wildman–Crippen LogP) is 1.89. The molecule has 100 valence electrons. The Labute approximate surface area is 113 Å². The number of nitrogens with zero attached hydrogens (tertiary/aromatic N) is 3. The Bertz CT molecular complexity index is 527. The van der Waals surface area contributed by atoms with Crippen LogP contribution in [0, 0.1) is 6.92 Å². The molecule has 5 heteroatoms. The summed E-state index contributed by atoms with van der Waals surface area (Å²) >= 11 is 0. The Balaban J connectivity index is 2.30. The largest absolute Gasteiger partial charge is 0.492 e. The molecule has 0 saturated heterocycles. The number of rotatable bonds is 5. The Morgan fingerprint density at radius 1 is 1.21 bits per heavy atom. The van der Waals surface area contributed by atoms with E-state index in [0.29, 0.717) is 6.61 Å². The van der Waals surface area contributed by atoms with E-state index >= 15 is 0 Å². The zero-order valence-corrected chi connectivity index (χ0v) is 11.4. The Kier molecular flexibility index (Phi) is 4.41. The molecular formula is C14H18N4O. The zero-order chi connectivity index (χ0) is 13.7. The van der Waals surface area contributed by atoms with E-state index in [4.69, 9.17) is 4.74 Å². The fourth-order valence-electron chi connectivity index (χ4n) is 1.88. The number of ether oxygens (including phenoxy) is 1. The summed E-state index contributed by atoms with van der Waals surface area (Å²) in [7, 11) is 1.89. The lowest BCUT2D eigenvalue weighted by molar-refractivity contribution is 0.338. The zero-order valence-electron chi connectivity index (χ0n) is 11.4. The third kappa shape index (κ3) is 3.26. The maximum atomic E-state index is 5.47.